The van der Waals surface area contributed by atoms with Crippen LogP contribution in [0.15, 0.2) is 6.33 Å². The van der Waals surface area contributed by atoms with Gasteiger partial charge in [-0.3, -0.25) is 4.79 Å². The van der Waals surface area contributed by atoms with Crippen molar-refractivity contribution >= 4 is 33.3 Å². The second kappa shape index (κ2) is 6.67. The fourth-order valence-corrected chi connectivity index (χ4v) is 5.21. The van der Waals surface area contributed by atoms with E-state index in [1.165, 1.54) is 35.1 Å². The second-order valence-corrected chi connectivity index (χ2v) is 7.83. The number of carbonyl (C=O) groups is 1. The summed E-state index contributed by atoms with van der Waals surface area (Å²) in [6, 6.07) is 0. The lowest BCUT2D eigenvalue weighted by Crippen LogP contribution is -2.40. The number of rotatable bonds is 3. The average Bonchev–Trinajstić information content (AvgIpc) is 3.01. The van der Waals surface area contributed by atoms with E-state index in [4.69, 9.17) is 0 Å². The number of hydrogen-bond donors (Lipinski definition) is 1. The molecule has 5 nitrogen and oxygen atoms in total. The molecule has 1 N–H and O–H groups in total. The number of piperidine rings is 1. The molecule has 1 aliphatic carbocycles. The van der Waals surface area contributed by atoms with Gasteiger partial charge in [0.15, 0.2) is 0 Å². The van der Waals surface area contributed by atoms with Crippen molar-refractivity contribution < 1.29 is 4.79 Å². The van der Waals surface area contributed by atoms with Gasteiger partial charge in [-0.05, 0) is 51.0 Å². The van der Waals surface area contributed by atoms with Gasteiger partial charge >= 0.3 is 0 Å². The molecule has 1 aliphatic heterocycles. The zero-order valence-electron chi connectivity index (χ0n) is 14.2. The third-order valence-electron chi connectivity index (χ3n) is 5.25. The highest BCUT2D eigenvalue weighted by Gasteiger charge is 2.28. The molecule has 2 aromatic heterocycles. The van der Waals surface area contributed by atoms with E-state index in [1.807, 2.05) is 18.3 Å². The summed E-state index contributed by atoms with van der Waals surface area (Å²) in [7, 11) is 0. The number of aryl methyl sites for hydroxylation is 2. The second-order valence-electron chi connectivity index (χ2n) is 6.74. The summed E-state index contributed by atoms with van der Waals surface area (Å²) in [5.74, 6) is 1.45. The summed E-state index contributed by atoms with van der Waals surface area (Å²) >= 11 is 1.85. The molecule has 0 unspecified atom stereocenters. The van der Waals surface area contributed by atoms with Crippen LogP contribution in [0.4, 0.5) is 5.82 Å². The van der Waals surface area contributed by atoms with Crippen LogP contribution in [0, 0.1) is 5.92 Å². The molecule has 128 valence electrons. The summed E-state index contributed by atoms with van der Waals surface area (Å²) < 4.78 is 0. The van der Waals surface area contributed by atoms with E-state index in [2.05, 4.69) is 20.2 Å². The van der Waals surface area contributed by atoms with Gasteiger partial charge < -0.3 is 10.2 Å². The Morgan fingerprint density at radius 1 is 1.29 bits per heavy atom. The molecule has 0 saturated carbocycles. The Morgan fingerprint density at radius 3 is 2.88 bits per heavy atom. The minimum atomic E-state index is 0.148. The lowest BCUT2D eigenvalue weighted by atomic mass is 9.94. The fraction of sp³-hybridized carbons (Fsp3) is 0.611. The minimum Gasteiger partial charge on any atom is -0.356 e. The minimum absolute atomic E-state index is 0.148. The molecule has 0 atom stereocenters. The molecule has 0 radical (unpaired) electrons. The predicted molar refractivity (Wildman–Crippen MR) is 97.7 cm³/mol. The van der Waals surface area contributed by atoms with E-state index < -0.39 is 0 Å². The van der Waals surface area contributed by atoms with Crippen molar-refractivity contribution in [3.05, 3.63) is 16.8 Å². The van der Waals surface area contributed by atoms with Gasteiger partial charge in [0.1, 0.15) is 17.0 Å². The van der Waals surface area contributed by atoms with Gasteiger partial charge in [-0.15, -0.1) is 11.3 Å². The van der Waals surface area contributed by atoms with Gasteiger partial charge in [0, 0.05) is 30.4 Å². The summed E-state index contributed by atoms with van der Waals surface area (Å²) in [4.78, 5) is 26.2. The smallest absolute Gasteiger partial charge is 0.223 e. The van der Waals surface area contributed by atoms with Crippen molar-refractivity contribution in [1.82, 2.24) is 15.3 Å². The number of amides is 1. The fourth-order valence-electron chi connectivity index (χ4n) is 3.99. The van der Waals surface area contributed by atoms with Crippen molar-refractivity contribution in [2.45, 2.75) is 45.4 Å². The van der Waals surface area contributed by atoms with Gasteiger partial charge in [-0.1, -0.05) is 0 Å². The van der Waals surface area contributed by atoms with Crippen LogP contribution in [0.5, 0.6) is 0 Å². The molecule has 0 spiro atoms. The number of anilines is 1. The first-order valence-corrected chi connectivity index (χ1v) is 9.87. The van der Waals surface area contributed by atoms with Gasteiger partial charge in [0.2, 0.25) is 5.91 Å². The van der Waals surface area contributed by atoms with E-state index >= 15 is 0 Å². The van der Waals surface area contributed by atoms with Crippen LogP contribution in [0.1, 0.15) is 43.0 Å². The Balaban J connectivity index is 1.59. The summed E-state index contributed by atoms with van der Waals surface area (Å²) in [6.45, 7) is 4.49. The molecule has 2 aliphatic rings. The maximum atomic E-state index is 12.1. The molecular formula is C18H24N4OS. The molecule has 3 heterocycles. The zero-order chi connectivity index (χ0) is 16.5. The molecule has 0 aromatic carbocycles. The molecule has 4 rings (SSSR count). The maximum absolute atomic E-state index is 12.1. The third kappa shape index (κ3) is 2.77. The standard InChI is InChI=1S/C18H24N4OS/c1-2-19-17(23)12-7-9-22(10-8-12)16-15-13-5-3-4-6-14(13)24-18(15)21-11-20-16/h11-12H,2-10H2,1H3,(H,19,23). The predicted octanol–water partition coefficient (Wildman–Crippen LogP) is 2.92. The number of nitrogens with zero attached hydrogens (tertiary/aromatic N) is 3. The summed E-state index contributed by atoms with van der Waals surface area (Å²) in [5.41, 5.74) is 1.49. The number of nitrogens with one attached hydrogen (secondary N) is 1. The van der Waals surface area contributed by atoms with Crippen molar-refractivity contribution in [2.75, 3.05) is 24.5 Å². The lowest BCUT2D eigenvalue weighted by molar-refractivity contribution is -0.125. The maximum Gasteiger partial charge on any atom is 0.223 e. The Kier molecular flexibility index (Phi) is 4.39. The first-order chi connectivity index (χ1) is 11.8. The molecule has 6 heteroatoms. The molecule has 24 heavy (non-hydrogen) atoms. The van der Waals surface area contributed by atoms with E-state index in [0.29, 0.717) is 6.54 Å². The van der Waals surface area contributed by atoms with Crippen LogP contribution in [-0.2, 0) is 17.6 Å². The van der Waals surface area contributed by atoms with Crippen LogP contribution in [0.3, 0.4) is 0 Å². The van der Waals surface area contributed by atoms with Crippen molar-refractivity contribution in [3.63, 3.8) is 0 Å². The van der Waals surface area contributed by atoms with E-state index in [9.17, 15) is 4.79 Å². The number of thiophene rings is 1. The van der Waals surface area contributed by atoms with Crippen molar-refractivity contribution in [2.24, 2.45) is 5.92 Å². The van der Waals surface area contributed by atoms with Crippen LogP contribution in [0.25, 0.3) is 10.2 Å². The van der Waals surface area contributed by atoms with Crippen molar-refractivity contribution in [1.29, 1.82) is 0 Å². The van der Waals surface area contributed by atoms with Crippen LogP contribution in [-0.4, -0.2) is 35.5 Å². The molecular weight excluding hydrogens is 320 g/mol. The van der Waals surface area contributed by atoms with Gasteiger partial charge in [0.25, 0.3) is 0 Å². The van der Waals surface area contributed by atoms with Gasteiger partial charge in [0.05, 0.1) is 5.39 Å². The highest BCUT2D eigenvalue weighted by Crippen LogP contribution is 2.39. The van der Waals surface area contributed by atoms with Gasteiger partial charge in [-0.2, -0.15) is 0 Å². The Morgan fingerprint density at radius 2 is 2.08 bits per heavy atom. The van der Waals surface area contributed by atoms with E-state index in [1.54, 1.807) is 6.33 Å². The van der Waals surface area contributed by atoms with Gasteiger partial charge in [-0.25, -0.2) is 9.97 Å². The van der Waals surface area contributed by atoms with E-state index in [-0.39, 0.29) is 11.8 Å². The lowest BCUT2D eigenvalue weighted by Gasteiger charge is -2.32. The zero-order valence-corrected chi connectivity index (χ0v) is 15.0. The number of carbonyl (C=O) groups excluding carboxylic acids is 1. The third-order valence-corrected chi connectivity index (χ3v) is 6.45. The first-order valence-electron chi connectivity index (χ1n) is 9.05. The van der Waals surface area contributed by atoms with Crippen LogP contribution in [0.2, 0.25) is 0 Å². The van der Waals surface area contributed by atoms with Crippen molar-refractivity contribution in [3.8, 4) is 0 Å². The number of hydrogen-bond acceptors (Lipinski definition) is 5. The Bertz CT molecular complexity index is 749. The quantitative estimate of drug-likeness (QED) is 0.930. The first kappa shape index (κ1) is 15.8. The molecule has 1 saturated heterocycles. The molecule has 2 aromatic rings. The molecule has 1 fully saturated rings. The molecule has 1 amide bonds. The largest absolute Gasteiger partial charge is 0.356 e. The molecule has 0 bridgehead atoms. The van der Waals surface area contributed by atoms with Crippen LogP contribution >= 0.6 is 11.3 Å². The normalized spacial score (nSPS) is 18.6. The van der Waals surface area contributed by atoms with Crippen LogP contribution < -0.4 is 10.2 Å². The monoisotopic (exact) mass is 344 g/mol. The highest BCUT2D eigenvalue weighted by molar-refractivity contribution is 7.19. The summed E-state index contributed by atoms with van der Waals surface area (Å²) in [6.07, 6.45) is 8.43. The number of fused-ring (bicyclic) bond motifs is 3. The average molecular weight is 344 g/mol. The topological polar surface area (TPSA) is 58.1 Å². The van der Waals surface area contributed by atoms with E-state index in [0.717, 1.165) is 43.0 Å². The Labute approximate surface area is 146 Å². The summed E-state index contributed by atoms with van der Waals surface area (Å²) in [5, 5.41) is 4.24. The Hall–Kier alpha value is -1.69. The number of aromatic nitrogens is 2. The SMILES string of the molecule is CCNC(=O)C1CCN(c2ncnc3sc4c(c23)CCCC4)CC1. The highest BCUT2D eigenvalue weighted by atomic mass is 32.1.